The van der Waals surface area contributed by atoms with Crippen molar-refractivity contribution in [3.05, 3.63) is 23.8 Å². The van der Waals surface area contributed by atoms with Crippen LogP contribution in [0.2, 0.25) is 0 Å². The Kier molecular flexibility index (Phi) is 3.85. The summed E-state index contributed by atoms with van der Waals surface area (Å²) in [6, 6.07) is 3.91. The number of carbonyl (C=O) groups excluding carboxylic acids is 1. The SMILES string of the molecule is CCOC(=O)C(c1ccc2nc(N)sc2c1)C(F)(F)F. The molecule has 8 heteroatoms. The molecule has 108 valence electrons. The Morgan fingerprint density at radius 2 is 2.20 bits per heavy atom. The number of carbonyl (C=O) groups is 1. The average molecular weight is 304 g/mol. The van der Waals surface area contributed by atoms with Crippen molar-refractivity contribution < 1.29 is 22.7 Å². The quantitative estimate of drug-likeness (QED) is 0.885. The predicted molar refractivity (Wildman–Crippen MR) is 69.5 cm³/mol. The monoisotopic (exact) mass is 304 g/mol. The Labute approximate surface area is 116 Å². The third kappa shape index (κ3) is 2.84. The minimum absolute atomic E-state index is 0.110. The van der Waals surface area contributed by atoms with Crippen LogP contribution in [0.3, 0.4) is 0 Å². The molecule has 1 aromatic heterocycles. The van der Waals surface area contributed by atoms with E-state index < -0.39 is 18.1 Å². The van der Waals surface area contributed by atoms with Crippen LogP contribution in [0.25, 0.3) is 10.2 Å². The molecule has 20 heavy (non-hydrogen) atoms. The number of nitrogens with zero attached hydrogens (tertiary/aromatic N) is 1. The van der Waals surface area contributed by atoms with Crippen LogP contribution in [0.15, 0.2) is 18.2 Å². The van der Waals surface area contributed by atoms with Gasteiger partial charge in [0.2, 0.25) is 0 Å². The van der Waals surface area contributed by atoms with Crippen molar-refractivity contribution in [2.24, 2.45) is 0 Å². The molecule has 0 amide bonds. The van der Waals surface area contributed by atoms with Crippen LogP contribution in [0.4, 0.5) is 18.3 Å². The van der Waals surface area contributed by atoms with Gasteiger partial charge in [0, 0.05) is 0 Å². The maximum Gasteiger partial charge on any atom is 0.406 e. The van der Waals surface area contributed by atoms with E-state index in [9.17, 15) is 18.0 Å². The molecule has 0 radical (unpaired) electrons. The Hall–Kier alpha value is -1.83. The first-order valence-electron chi connectivity index (χ1n) is 5.72. The van der Waals surface area contributed by atoms with Crippen LogP contribution >= 0.6 is 11.3 Å². The van der Waals surface area contributed by atoms with Crippen molar-refractivity contribution in [2.75, 3.05) is 12.3 Å². The van der Waals surface area contributed by atoms with Crippen LogP contribution in [-0.2, 0) is 9.53 Å². The number of hydrogen-bond acceptors (Lipinski definition) is 5. The van der Waals surface area contributed by atoms with Crippen LogP contribution in [0.1, 0.15) is 18.4 Å². The highest BCUT2D eigenvalue weighted by Crippen LogP contribution is 2.37. The minimum Gasteiger partial charge on any atom is -0.465 e. The van der Waals surface area contributed by atoms with E-state index in [-0.39, 0.29) is 17.3 Å². The predicted octanol–water partition coefficient (Wildman–Crippen LogP) is 3.09. The normalized spacial score (nSPS) is 13.4. The molecular weight excluding hydrogens is 293 g/mol. The molecule has 2 aromatic rings. The summed E-state index contributed by atoms with van der Waals surface area (Å²) in [6.45, 7) is 1.35. The number of anilines is 1. The minimum atomic E-state index is -4.71. The number of alkyl halides is 3. The Bertz CT molecular complexity index is 639. The van der Waals surface area contributed by atoms with Gasteiger partial charge < -0.3 is 10.5 Å². The topological polar surface area (TPSA) is 65.2 Å². The molecule has 0 aliphatic heterocycles. The van der Waals surface area contributed by atoms with Crippen molar-refractivity contribution in [1.29, 1.82) is 0 Å². The van der Waals surface area contributed by atoms with E-state index in [0.717, 1.165) is 11.3 Å². The molecule has 0 spiro atoms. The number of nitrogen functional groups attached to an aromatic ring is 1. The first-order chi connectivity index (χ1) is 9.32. The van der Waals surface area contributed by atoms with Gasteiger partial charge in [0.15, 0.2) is 11.0 Å². The molecule has 4 nitrogen and oxygen atoms in total. The zero-order valence-corrected chi connectivity index (χ0v) is 11.2. The van der Waals surface area contributed by atoms with Gasteiger partial charge in [-0.15, -0.1) is 0 Å². The fraction of sp³-hybridized carbons (Fsp3) is 0.333. The van der Waals surface area contributed by atoms with E-state index in [4.69, 9.17) is 5.73 Å². The first kappa shape index (κ1) is 14.6. The summed E-state index contributed by atoms with van der Waals surface area (Å²) in [5.41, 5.74) is 5.83. The summed E-state index contributed by atoms with van der Waals surface area (Å²) in [5.74, 6) is -3.60. The molecule has 0 saturated heterocycles. The van der Waals surface area contributed by atoms with Crippen molar-refractivity contribution in [2.45, 2.75) is 19.0 Å². The number of rotatable bonds is 3. The Morgan fingerprint density at radius 1 is 1.50 bits per heavy atom. The molecule has 1 aromatic carbocycles. The number of fused-ring (bicyclic) bond motifs is 1. The van der Waals surface area contributed by atoms with Gasteiger partial charge in [0.05, 0.1) is 16.8 Å². The fourth-order valence-electron chi connectivity index (χ4n) is 1.82. The second-order valence-corrected chi connectivity index (χ2v) is 5.07. The Balaban J connectivity index is 2.47. The summed E-state index contributed by atoms with van der Waals surface area (Å²) in [5, 5.41) is 0.261. The van der Waals surface area contributed by atoms with Gasteiger partial charge in [-0.3, -0.25) is 4.79 Å². The second kappa shape index (κ2) is 5.28. The van der Waals surface area contributed by atoms with Crippen molar-refractivity contribution in [3.63, 3.8) is 0 Å². The zero-order valence-electron chi connectivity index (χ0n) is 10.4. The van der Waals surface area contributed by atoms with E-state index >= 15 is 0 Å². The van der Waals surface area contributed by atoms with Gasteiger partial charge in [0.1, 0.15) is 0 Å². The number of benzene rings is 1. The third-order valence-corrected chi connectivity index (χ3v) is 3.46. The number of nitrogens with two attached hydrogens (primary N) is 1. The van der Waals surface area contributed by atoms with Crippen LogP contribution < -0.4 is 5.73 Å². The number of ether oxygens (including phenoxy) is 1. The van der Waals surface area contributed by atoms with Crippen molar-refractivity contribution in [1.82, 2.24) is 4.98 Å². The number of halogens is 3. The summed E-state index contributed by atoms with van der Waals surface area (Å²) in [7, 11) is 0. The second-order valence-electron chi connectivity index (χ2n) is 4.01. The highest BCUT2D eigenvalue weighted by Gasteiger charge is 2.47. The number of thiazole rings is 1. The molecule has 0 aliphatic rings. The summed E-state index contributed by atoms with van der Waals surface area (Å²) in [6.07, 6.45) is -4.71. The highest BCUT2D eigenvalue weighted by atomic mass is 32.1. The van der Waals surface area contributed by atoms with Crippen LogP contribution in [0.5, 0.6) is 0 Å². The van der Waals surface area contributed by atoms with Gasteiger partial charge >= 0.3 is 12.1 Å². The molecule has 2 N–H and O–H groups in total. The highest BCUT2D eigenvalue weighted by molar-refractivity contribution is 7.22. The van der Waals surface area contributed by atoms with Gasteiger partial charge in [-0.05, 0) is 24.6 Å². The lowest BCUT2D eigenvalue weighted by Crippen LogP contribution is -2.30. The molecule has 1 atom stereocenters. The zero-order chi connectivity index (χ0) is 14.9. The standard InChI is InChI=1S/C12H11F3N2O2S/c1-2-19-10(18)9(12(13,14)15)6-3-4-7-8(5-6)20-11(16)17-7/h3-5,9H,2H2,1H3,(H2,16,17). The summed E-state index contributed by atoms with van der Waals surface area (Å²) in [4.78, 5) is 15.5. The molecule has 2 rings (SSSR count). The average Bonchev–Trinajstić information content (AvgIpc) is 2.67. The van der Waals surface area contributed by atoms with E-state index in [1.165, 1.54) is 25.1 Å². The van der Waals surface area contributed by atoms with E-state index in [1.54, 1.807) is 0 Å². The molecule has 0 saturated carbocycles. The lowest BCUT2D eigenvalue weighted by atomic mass is 9.98. The van der Waals surface area contributed by atoms with Gasteiger partial charge in [0.25, 0.3) is 0 Å². The van der Waals surface area contributed by atoms with E-state index in [0.29, 0.717) is 10.2 Å². The lowest BCUT2D eigenvalue weighted by Gasteiger charge is -2.18. The smallest absolute Gasteiger partial charge is 0.406 e. The first-order valence-corrected chi connectivity index (χ1v) is 6.54. The molecule has 0 fully saturated rings. The van der Waals surface area contributed by atoms with Gasteiger partial charge in [-0.25, -0.2) is 4.98 Å². The number of aromatic nitrogens is 1. The summed E-state index contributed by atoms with van der Waals surface area (Å²) >= 11 is 1.07. The molecular formula is C12H11F3N2O2S. The third-order valence-electron chi connectivity index (χ3n) is 2.61. The van der Waals surface area contributed by atoms with Crippen LogP contribution in [0, 0.1) is 0 Å². The largest absolute Gasteiger partial charge is 0.465 e. The molecule has 0 aliphatic carbocycles. The fourth-order valence-corrected chi connectivity index (χ4v) is 2.61. The van der Waals surface area contributed by atoms with Crippen molar-refractivity contribution in [3.8, 4) is 0 Å². The number of esters is 1. The molecule has 0 bridgehead atoms. The lowest BCUT2D eigenvalue weighted by molar-refractivity contribution is -0.180. The molecule has 1 unspecified atom stereocenters. The maximum atomic E-state index is 13.0. The van der Waals surface area contributed by atoms with E-state index in [1.807, 2.05) is 0 Å². The molecule has 1 heterocycles. The van der Waals surface area contributed by atoms with Gasteiger partial charge in [-0.2, -0.15) is 13.2 Å². The van der Waals surface area contributed by atoms with Crippen molar-refractivity contribution >= 4 is 32.7 Å². The number of hydrogen-bond donors (Lipinski definition) is 1. The van der Waals surface area contributed by atoms with Crippen LogP contribution in [-0.4, -0.2) is 23.7 Å². The maximum absolute atomic E-state index is 13.0. The van der Waals surface area contributed by atoms with E-state index in [2.05, 4.69) is 9.72 Å². The Morgan fingerprint density at radius 3 is 2.80 bits per heavy atom. The van der Waals surface area contributed by atoms with Gasteiger partial charge in [-0.1, -0.05) is 17.4 Å². The summed E-state index contributed by atoms with van der Waals surface area (Å²) < 4.78 is 44.1.